The monoisotopic (exact) mass is 338 g/mol. The van der Waals surface area contributed by atoms with Crippen molar-refractivity contribution in [2.75, 3.05) is 0 Å². The van der Waals surface area contributed by atoms with Crippen molar-refractivity contribution >= 4 is 17.9 Å². The first-order valence-corrected chi connectivity index (χ1v) is 7.39. The van der Waals surface area contributed by atoms with E-state index in [9.17, 15) is 19.1 Å². The maximum atomic E-state index is 13.0. The number of H-pyrrole nitrogens is 1. The molecule has 0 bridgehead atoms. The molecular weight excluding hydrogens is 325 g/mol. The number of aromatic nitrogens is 2. The van der Waals surface area contributed by atoms with Gasteiger partial charge in [0.15, 0.2) is 0 Å². The maximum absolute atomic E-state index is 13.0. The van der Waals surface area contributed by atoms with E-state index in [1.165, 1.54) is 47.3 Å². The van der Waals surface area contributed by atoms with E-state index in [1.807, 2.05) is 0 Å². The summed E-state index contributed by atoms with van der Waals surface area (Å²) in [5, 5.41) is 13.8. The molecule has 0 spiro atoms. The second-order valence-corrected chi connectivity index (χ2v) is 5.36. The Kier molecular flexibility index (Phi) is 4.30. The number of aromatic carboxylic acids is 1. The van der Waals surface area contributed by atoms with Crippen molar-refractivity contribution in [3.63, 3.8) is 0 Å². The first kappa shape index (κ1) is 16.4. The van der Waals surface area contributed by atoms with Crippen LogP contribution in [0.15, 0.2) is 58.3 Å². The Balaban J connectivity index is 1.96. The van der Waals surface area contributed by atoms with Crippen molar-refractivity contribution < 1.29 is 14.3 Å². The minimum absolute atomic E-state index is 0.00386. The van der Waals surface area contributed by atoms with Crippen LogP contribution in [0.1, 0.15) is 21.6 Å². The number of benzene rings is 2. The molecule has 0 atom stereocenters. The Morgan fingerprint density at radius 1 is 1.24 bits per heavy atom. The Morgan fingerprint density at radius 2 is 1.96 bits per heavy atom. The van der Waals surface area contributed by atoms with Gasteiger partial charge in [0.2, 0.25) is 0 Å². The lowest BCUT2D eigenvalue weighted by Gasteiger charge is -2.02. The highest BCUT2D eigenvalue weighted by atomic mass is 19.1. The standard InChI is InChI=1S/C18H14FN3O3/c1-11-16(10-20-14-4-2-3-12(9-14)18(24)25)17(23)22(21-11)15-7-5-13(19)6-8-15/h2-10,21H,1H3,(H,24,25)/p-1. The first-order valence-electron chi connectivity index (χ1n) is 7.39. The normalized spacial score (nSPS) is 11.1. The number of carboxylic acid groups (broad SMARTS) is 1. The van der Waals surface area contributed by atoms with Crippen LogP contribution < -0.4 is 10.7 Å². The van der Waals surface area contributed by atoms with Crippen molar-refractivity contribution in [3.05, 3.63) is 81.5 Å². The minimum atomic E-state index is -1.30. The predicted octanol–water partition coefficient (Wildman–Crippen LogP) is 1.73. The lowest BCUT2D eigenvalue weighted by molar-refractivity contribution is -0.255. The molecule has 0 fully saturated rings. The molecule has 0 saturated carbocycles. The van der Waals surface area contributed by atoms with E-state index in [0.29, 0.717) is 22.6 Å². The van der Waals surface area contributed by atoms with E-state index in [1.54, 1.807) is 19.1 Å². The molecule has 7 heteroatoms. The molecule has 0 amide bonds. The van der Waals surface area contributed by atoms with E-state index in [4.69, 9.17) is 0 Å². The highest BCUT2D eigenvalue weighted by Crippen LogP contribution is 2.14. The molecule has 1 aromatic heterocycles. The topological polar surface area (TPSA) is 90.3 Å². The highest BCUT2D eigenvalue weighted by Gasteiger charge is 2.10. The van der Waals surface area contributed by atoms with Crippen LogP contribution in [0.5, 0.6) is 0 Å². The second kappa shape index (κ2) is 6.56. The summed E-state index contributed by atoms with van der Waals surface area (Å²) in [4.78, 5) is 27.5. The number of nitrogens with one attached hydrogen (secondary N) is 1. The van der Waals surface area contributed by atoms with Crippen LogP contribution in [0.3, 0.4) is 0 Å². The molecule has 0 saturated heterocycles. The van der Waals surface area contributed by atoms with E-state index < -0.39 is 11.8 Å². The predicted molar refractivity (Wildman–Crippen MR) is 89.1 cm³/mol. The number of hydrogen-bond donors (Lipinski definition) is 1. The molecule has 25 heavy (non-hydrogen) atoms. The van der Waals surface area contributed by atoms with Gasteiger partial charge in [-0.05, 0) is 48.9 Å². The molecule has 3 rings (SSSR count). The number of aromatic amines is 1. The van der Waals surface area contributed by atoms with Gasteiger partial charge in [0.25, 0.3) is 5.56 Å². The van der Waals surface area contributed by atoms with Gasteiger partial charge in [-0.15, -0.1) is 0 Å². The van der Waals surface area contributed by atoms with Crippen molar-refractivity contribution in [2.45, 2.75) is 6.92 Å². The first-order chi connectivity index (χ1) is 12.0. The summed E-state index contributed by atoms with van der Waals surface area (Å²) in [6.07, 6.45) is 1.36. The lowest BCUT2D eigenvalue weighted by atomic mass is 10.2. The van der Waals surface area contributed by atoms with E-state index >= 15 is 0 Å². The van der Waals surface area contributed by atoms with Crippen molar-refractivity contribution in [1.82, 2.24) is 9.78 Å². The quantitative estimate of drug-likeness (QED) is 0.735. The second-order valence-electron chi connectivity index (χ2n) is 5.36. The zero-order valence-electron chi connectivity index (χ0n) is 13.2. The molecule has 0 radical (unpaired) electrons. The lowest BCUT2D eigenvalue weighted by Crippen LogP contribution is -2.21. The Hall–Kier alpha value is -3.48. The zero-order valence-corrected chi connectivity index (χ0v) is 13.2. The Labute approximate surface area is 141 Å². The van der Waals surface area contributed by atoms with Crippen LogP contribution in [0, 0.1) is 12.7 Å². The molecule has 3 aromatic rings. The van der Waals surface area contributed by atoms with Gasteiger partial charge in [0.1, 0.15) is 5.82 Å². The fourth-order valence-corrected chi connectivity index (χ4v) is 2.34. The van der Waals surface area contributed by atoms with Gasteiger partial charge in [-0.25, -0.2) is 9.07 Å². The molecular formula is C18H13FN3O3-. The number of carbonyl (C=O) groups is 1. The summed E-state index contributed by atoms with van der Waals surface area (Å²) in [6, 6.07) is 11.4. The Morgan fingerprint density at radius 3 is 2.64 bits per heavy atom. The van der Waals surface area contributed by atoms with Crippen LogP contribution in [-0.2, 0) is 0 Å². The fraction of sp³-hybridized carbons (Fsp3) is 0.0556. The Bertz CT molecular complexity index is 1020. The van der Waals surface area contributed by atoms with Crippen molar-refractivity contribution in [1.29, 1.82) is 0 Å². The average molecular weight is 338 g/mol. The number of rotatable bonds is 4. The van der Waals surface area contributed by atoms with Gasteiger partial charge in [0.05, 0.1) is 22.9 Å². The summed E-state index contributed by atoms with van der Waals surface area (Å²) < 4.78 is 14.3. The average Bonchev–Trinajstić information content (AvgIpc) is 2.88. The van der Waals surface area contributed by atoms with Gasteiger partial charge in [-0.1, -0.05) is 12.1 Å². The number of aliphatic imine (C=N–C) groups is 1. The van der Waals surface area contributed by atoms with Gasteiger partial charge < -0.3 is 9.90 Å². The van der Waals surface area contributed by atoms with E-state index in [0.717, 1.165) is 0 Å². The van der Waals surface area contributed by atoms with Crippen LogP contribution in [0.4, 0.5) is 10.1 Å². The number of nitrogens with zero attached hydrogens (tertiary/aromatic N) is 2. The maximum Gasteiger partial charge on any atom is 0.280 e. The summed E-state index contributed by atoms with van der Waals surface area (Å²) in [7, 11) is 0. The van der Waals surface area contributed by atoms with Gasteiger partial charge in [-0.3, -0.25) is 14.9 Å². The largest absolute Gasteiger partial charge is 0.545 e. The summed E-state index contributed by atoms with van der Waals surface area (Å²) in [5.74, 6) is -1.69. The molecule has 1 heterocycles. The van der Waals surface area contributed by atoms with E-state index in [2.05, 4.69) is 10.1 Å². The van der Waals surface area contributed by atoms with Crippen molar-refractivity contribution in [2.24, 2.45) is 4.99 Å². The smallest absolute Gasteiger partial charge is 0.280 e. The highest BCUT2D eigenvalue weighted by molar-refractivity contribution is 5.88. The molecule has 1 N–H and O–H groups in total. The van der Waals surface area contributed by atoms with Crippen molar-refractivity contribution in [3.8, 4) is 5.69 Å². The third-order valence-electron chi connectivity index (χ3n) is 3.63. The molecule has 0 aliphatic carbocycles. The molecule has 0 unspecified atom stereocenters. The summed E-state index contributed by atoms with van der Waals surface area (Å²) in [6.45, 7) is 1.71. The van der Waals surface area contributed by atoms with Crippen LogP contribution >= 0.6 is 0 Å². The summed E-state index contributed by atoms with van der Waals surface area (Å²) in [5.41, 5.74) is 1.44. The van der Waals surface area contributed by atoms with Crippen LogP contribution in [0.2, 0.25) is 0 Å². The third-order valence-corrected chi connectivity index (χ3v) is 3.63. The minimum Gasteiger partial charge on any atom is -0.545 e. The third kappa shape index (κ3) is 3.40. The molecule has 2 aromatic carbocycles. The summed E-state index contributed by atoms with van der Waals surface area (Å²) >= 11 is 0. The number of hydrogen-bond acceptors (Lipinski definition) is 4. The van der Waals surface area contributed by atoms with Gasteiger partial charge in [-0.2, -0.15) is 0 Å². The SMILES string of the molecule is Cc1[nH]n(-c2ccc(F)cc2)c(=O)c1C=Nc1cccc(C(=O)[O-])c1. The number of carboxylic acids is 1. The zero-order chi connectivity index (χ0) is 18.0. The van der Waals surface area contributed by atoms with E-state index in [-0.39, 0.29) is 11.1 Å². The number of halogens is 1. The van der Waals surface area contributed by atoms with Crippen LogP contribution in [0.25, 0.3) is 5.69 Å². The molecule has 0 aliphatic heterocycles. The molecule has 6 nitrogen and oxygen atoms in total. The number of aryl methyl sites for hydroxylation is 1. The van der Waals surface area contributed by atoms with Gasteiger partial charge in [0, 0.05) is 11.9 Å². The fourth-order valence-electron chi connectivity index (χ4n) is 2.34. The molecule has 126 valence electrons. The van der Waals surface area contributed by atoms with Crippen LogP contribution in [-0.4, -0.2) is 22.0 Å². The number of carbonyl (C=O) groups excluding carboxylic acids is 1. The van der Waals surface area contributed by atoms with Gasteiger partial charge >= 0.3 is 0 Å². The molecule has 0 aliphatic rings.